The molecule has 1 aliphatic carbocycles. The van der Waals surface area contributed by atoms with Crippen LogP contribution < -0.4 is 5.73 Å². The Kier molecular flexibility index (Phi) is 3.91. The minimum atomic E-state index is 0.364. The number of hydrogen-bond donors (Lipinski definition) is 1. The molecule has 0 spiro atoms. The molecule has 2 unspecified atom stereocenters. The normalized spacial score (nSPS) is 30.6. The molecule has 1 aliphatic heterocycles. The molecule has 2 nitrogen and oxygen atoms in total. The van der Waals surface area contributed by atoms with Crippen molar-refractivity contribution in [1.82, 2.24) is 4.90 Å². The maximum Gasteiger partial charge on any atom is 0.0357 e. The van der Waals surface area contributed by atoms with Gasteiger partial charge in [-0.05, 0) is 50.5 Å². The van der Waals surface area contributed by atoms with Gasteiger partial charge in [-0.3, -0.25) is 4.90 Å². The fourth-order valence-electron chi connectivity index (χ4n) is 3.71. The van der Waals surface area contributed by atoms with Crippen LogP contribution >= 0.6 is 0 Å². The predicted molar refractivity (Wildman–Crippen MR) is 69.4 cm³/mol. The van der Waals surface area contributed by atoms with E-state index in [1.165, 1.54) is 51.6 Å². The lowest BCUT2D eigenvalue weighted by Crippen LogP contribution is -2.54. The summed E-state index contributed by atoms with van der Waals surface area (Å²) in [5, 5.41) is 0. The maximum absolute atomic E-state index is 6.12. The topological polar surface area (TPSA) is 29.3 Å². The van der Waals surface area contributed by atoms with E-state index in [2.05, 4.69) is 18.7 Å². The largest absolute Gasteiger partial charge is 0.329 e. The molecule has 1 saturated carbocycles. The minimum Gasteiger partial charge on any atom is -0.329 e. The second-order valence-electron chi connectivity index (χ2n) is 5.82. The highest BCUT2D eigenvalue weighted by molar-refractivity contribution is 5.04. The predicted octanol–water partition coefficient (Wildman–Crippen LogP) is 2.63. The first-order valence-corrected chi connectivity index (χ1v) is 7.22. The average Bonchev–Trinajstić information content (AvgIpc) is 3.04. The Labute approximate surface area is 101 Å². The SMILES string of the molecule is CCCC1CCN(C(CC)(CN)C2CC2)C1. The molecule has 0 amide bonds. The molecular formula is C14H28N2. The molecule has 0 aromatic rings. The number of nitrogens with two attached hydrogens (primary N) is 1. The van der Waals surface area contributed by atoms with Gasteiger partial charge in [-0.25, -0.2) is 0 Å². The highest BCUT2D eigenvalue weighted by Crippen LogP contribution is 2.46. The Morgan fingerprint density at radius 3 is 2.50 bits per heavy atom. The smallest absolute Gasteiger partial charge is 0.0357 e. The summed E-state index contributed by atoms with van der Waals surface area (Å²) in [6.07, 6.45) is 8.23. The Balaban J connectivity index is 1.99. The van der Waals surface area contributed by atoms with Gasteiger partial charge in [0.05, 0.1) is 0 Å². The van der Waals surface area contributed by atoms with Crippen molar-refractivity contribution in [3.63, 3.8) is 0 Å². The Morgan fingerprint density at radius 1 is 1.25 bits per heavy atom. The van der Waals surface area contributed by atoms with E-state index >= 15 is 0 Å². The van der Waals surface area contributed by atoms with Crippen LogP contribution in [-0.2, 0) is 0 Å². The molecule has 2 atom stereocenters. The Morgan fingerprint density at radius 2 is 2.00 bits per heavy atom. The van der Waals surface area contributed by atoms with E-state index in [0.29, 0.717) is 5.54 Å². The van der Waals surface area contributed by atoms with Gasteiger partial charge in [0.15, 0.2) is 0 Å². The third-order valence-electron chi connectivity index (χ3n) is 4.92. The van der Waals surface area contributed by atoms with Gasteiger partial charge in [-0.15, -0.1) is 0 Å². The lowest BCUT2D eigenvalue weighted by molar-refractivity contribution is 0.0898. The summed E-state index contributed by atoms with van der Waals surface area (Å²) in [6.45, 7) is 8.12. The third-order valence-corrected chi connectivity index (χ3v) is 4.92. The summed E-state index contributed by atoms with van der Waals surface area (Å²) in [7, 11) is 0. The van der Waals surface area contributed by atoms with Crippen molar-refractivity contribution in [3.8, 4) is 0 Å². The number of hydrogen-bond acceptors (Lipinski definition) is 2. The van der Waals surface area contributed by atoms with Crippen molar-refractivity contribution in [3.05, 3.63) is 0 Å². The van der Waals surface area contributed by atoms with Gasteiger partial charge < -0.3 is 5.73 Å². The zero-order valence-electron chi connectivity index (χ0n) is 11.0. The van der Waals surface area contributed by atoms with Crippen molar-refractivity contribution in [2.24, 2.45) is 17.6 Å². The molecule has 1 saturated heterocycles. The number of nitrogens with zero attached hydrogens (tertiary/aromatic N) is 1. The molecule has 2 aliphatic rings. The summed E-state index contributed by atoms with van der Waals surface area (Å²) < 4.78 is 0. The van der Waals surface area contributed by atoms with Crippen LogP contribution in [0.15, 0.2) is 0 Å². The molecule has 2 fully saturated rings. The lowest BCUT2D eigenvalue weighted by Gasteiger charge is -2.41. The molecule has 2 heteroatoms. The molecule has 16 heavy (non-hydrogen) atoms. The summed E-state index contributed by atoms with van der Waals surface area (Å²) in [5.41, 5.74) is 6.48. The molecule has 0 radical (unpaired) electrons. The summed E-state index contributed by atoms with van der Waals surface area (Å²) in [4.78, 5) is 2.74. The first kappa shape index (κ1) is 12.4. The van der Waals surface area contributed by atoms with Gasteiger partial charge in [0.2, 0.25) is 0 Å². The van der Waals surface area contributed by atoms with Gasteiger partial charge >= 0.3 is 0 Å². The van der Waals surface area contributed by atoms with Crippen molar-refractivity contribution in [2.75, 3.05) is 19.6 Å². The lowest BCUT2D eigenvalue weighted by atomic mass is 9.88. The molecule has 0 aromatic heterocycles. The maximum atomic E-state index is 6.12. The highest BCUT2D eigenvalue weighted by atomic mass is 15.2. The van der Waals surface area contributed by atoms with Crippen LogP contribution in [0.3, 0.4) is 0 Å². The van der Waals surface area contributed by atoms with Crippen LogP contribution in [-0.4, -0.2) is 30.1 Å². The van der Waals surface area contributed by atoms with Crippen molar-refractivity contribution in [2.45, 2.75) is 57.9 Å². The van der Waals surface area contributed by atoms with Crippen LogP contribution in [0.25, 0.3) is 0 Å². The standard InChI is InChI=1S/C14H28N2/c1-3-5-12-8-9-16(10-12)14(4-2,11-15)13-6-7-13/h12-13H,3-11,15H2,1-2H3. The summed E-state index contributed by atoms with van der Waals surface area (Å²) in [6, 6.07) is 0. The molecule has 94 valence electrons. The van der Waals surface area contributed by atoms with Crippen molar-refractivity contribution in [1.29, 1.82) is 0 Å². The average molecular weight is 224 g/mol. The molecule has 2 rings (SSSR count). The van der Waals surface area contributed by atoms with E-state index in [1.54, 1.807) is 0 Å². The van der Waals surface area contributed by atoms with Crippen molar-refractivity contribution < 1.29 is 0 Å². The van der Waals surface area contributed by atoms with Crippen molar-refractivity contribution >= 4 is 0 Å². The van der Waals surface area contributed by atoms with Gasteiger partial charge in [0.25, 0.3) is 0 Å². The van der Waals surface area contributed by atoms with Gasteiger partial charge in [-0.1, -0.05) is 20.3 Å². The molecule has 0 aromatic carbocycles. The number of rotatable bonds is 6. The highest BCUT2D eigenvalue weighted by Gasteiger charge is 2.48. The molecule has 0 bridgehead atoms. The quantitative estimate of drug-likeness (QED) is 0.751. The van der Waals surface area contributed by atoms with E-state index in [1.807, 2.05) is 0 Å². The zero-order valence-corrected chi connectivity index (χ0v) is 11.0. The van der Waals surface area contributed by atoms with Gasteiger partial charge in [0.1, 0.15) is 0 Å². The fraction of sp³-hybridized carbons (Fsp3) is 1.00. The first-order chi connectivity index (χ1) is 7.76. The van der Waals surface area contributed by atoms with Crippen LogP contribution in [0.5, 0.6) is 0 Å². The summed E-state index contributed by atoms with van der Waals surface area (Å²) >= 11 is 0. The molecule has 2 N–H and O–H groups in total. The van der Waals surface area contributed by atoms with E-state index < -0.39 is 0 Å². The van der Waals surface area contributed by atoms with Crippen LogP contribution in [0.4, 0.5) is 0 Å². The zero-order chi connectivity index (χ0) is 11.6. The summed E-state index contributed by atoms with van der Waals surface area (Å²) in [5.74, 6) is 1.85. The van der Waals surface area contributed by atoms with E-state index in [0.717, 1.165) is 18.4 Å². The minimum absolute atomic E-state index is 0.364. The number of likely N-dealkylation sites (tertiary alicyclic amines) is 1. The fourth-order valence-corrected chi connectivity index (χ4v) is 3.71. The Bertz CT molecular complexity index is 219. The molecule has 1 heterocycles. The van der Waals surface area contributed by atoms with Gasteiger partial charge in [-0.2, -0.15) is 0 Å². The monoisotopic (exact) mass is 224 g/mol. The van der Waals surface area contributed by atoms with Crippen LogP contribution in [0.2, 0.25) is 0 Å². The third kappa shape index (κ3) is 2.14. The van der Waals surface area contributed by atoms with Gasteiger partial charge in [0, 0.05) is 18.6 Å². The van der Waals surface area contributed by atoms with Crippen LogP contribution in [0, 0.1) is 11.8 Å². The Hall–Kier alpha value is -0.0800. The first-order valence-electron chi connectivity index (χ1n) is 7.22. The second-order valence-corrected chi connectivity index (χ2v) is 5.82. The van der Waals surface area contributed by atoms with E-state index in [-0.39, 0.29) is 0 Å². The van der Waals surface area contributed by atoms with E-state index in [4.69, 9.17) is 5.73 Å². The second kappa shape index (κ2) is 5.05. The van der Waals surface area contributed by atoms with Crippen LogP contribution in [0.1, 0.15) is 52.4 Å². The van der Waals surface area contributed by atoms with E-state index in [9.17, 15) is 0 Å². The molecular weight excluding hydrogens is 196 g/mol.